The van der Waals surface area contributed by atoms with Crippen LogP contribution in [-0.2, 0) is 0 Å². The lowest BCUT2D eigenvalue weighted by Crippen LogP contribution is -2.34. The predicted octanol–water partition coefficient (Wildman–Crippen LogP) is 2.42. The fraction of sp³-hybridized carbons (Fsp3) is 0.471. The molecule has 0 fully saturated rings. The SMILES string of the molecule is CCN(CC(C)C)C(=O)c1cccc(C#CCN)c1C. The quantitative estimate of drug-likeness (QED) is 0.856. The van der Waals surface area contributed by atoms with Crippen LogP contribution >= 0.6 is 0 Å². The highest BCUT2D eigenvalue weighted by Crippen LogP contribution is 2.16. The Bertz CT molecular complexity index is 524. The molecule has 20 heavy (non-hydrogen) atoms. The van der Waals surface area contributed by atoms with Crippen molar-refractivity contribution in [2.75, 3.05) is 19.6 Å². The van der Waals surface area contributed by atoms with E-state index in [1.54, 1.807) is 0 Å². The lowest BCUT2D eigenvalue weighted by molar-refractivity contribution is 0.0745. The van der Waals surface area contributed by atoms with Gasteiger partial charge in [0.15, 0.2) is 0 Å². The van der Waals surface area contributed by atoms with Crippen LogP contribution in [0.4, 0.5) is 0 Å². The molecular formula is C17H24N2O. The molecule has 0 unspecified atom stereocenters. The maximum absolute atomic E-state index is 12.6. The Morgan fingerprint density at radius 1 is 1.40 bits per heavy atom. The van der Waals surface area contributed by atoms with Crippen molar-refractivity contribution in [2.45, 2.75) is 27.7 Å². The van der Waals surface area contributed by atoms with Crippen LogP contribution in [0.5, 0.6) is 0 Å². The maximum atomic E-state index is 12.6. The van der Waals surface area contributed by atoms with Gasteiger partial charge in [0.1, 0.15) is 0 Å². The lowest BCUT2D eigenvalue weighted by atomic mass is 10.0. The van der Waals surface area contributed by atoms with Gasteiger partial charge in [-0.05, 0) is 37.5 Å². The molecule has 0 aromatic heterocycles. The van der Waals surface area contributed by atoms with Gasteiger partial charge in [-0.2, -0.15) is 0 Å². The molecule has 0 saturated heterocycles. The Kier molecular flexibility index (Phi) is 6.27. The predicted molar refractivity (Wildman–Crippen MR) is 83.5 cm³/mol. The fourth-order valence-corrected chi connectivity index (χ4v) is 2.12. The van der Waals surface area contributed by atoms with Gasteiger partial charge >= 0.3 is 0 Å². The first-order valence-corrected chi connectivity index (χ1v) is 7.09. The average molecular weight is 272 g/mol. The van der Waals surface area contributed by atoms with Gasteiger partial charge in [0.25, 0.3) is 5.91 Å². The summed E-state index contributed by atoms with van der Waals surface area (Å²) in [7, 11) is 0. The lowest BCUT2D eigenvalue weighted by Gasteiger charge is -2.24. The molecule has 0 radical (unpaired) electrons. The summed E-state index contributed by atoms with van der Waals surface area (Å²) >= 11 is 0. The van der Waals surface area contributed by atoms with E-state index in [4.69, 9.17) is 5.73 Å². The van der Waals surface area contributed by atoms with Gasteiger partial charge in [0.2, 0.25) is 0 Å². The average Bonchev–Trinajstić information content (AvgIpc) is 2.42. The third kappa shape index (κ3) is 4.11. The molecule has 1 amide bonds. The number of rotatable bonds is 4. The molecule has 0 heterocycles. The molecule has 1 rings (SSSR count). The van der Waals surface area contributed by atoms with Crippen LogP contribution in [0.3, 0.4) is 0 Å². The molecule has 1 aromatic carbocycles. The standard InChI is InChI=1S/C17H24N2O/c1-5-19(12-13(2)3)17(20)16-10-6-8-15(14(16)4)9-7-11-18/h6,8,10,13H,5,11-12,18H2,1-4H3. The zero-order chi connectivity index (χ0) is 15.1. The van der Waals surface area contributed by atoms with Crippen LogP contribution < -0.4 is 5.73 Å². The second-order valence-corrected chi connectivity index (χ2v) is 5.22. The van der Waals surface area contributed by atoms with Crippen molar-refractivity contribution in [2.24, 2.45) is 11.7 Å². The molecule has 0 atom stereocenters. The zero-order valence-corrected chi connectivity index (χ0v) is 12.9. The first-order chi connectivity index (χ1) is 9.51. The van der Waals surface area contributed by atoms with Crippen molar-refractivity contribution >= 4 is 5.91 Å². The van der Waals surface area contributed by atoms with E-state index in [0.717, 1.165) is 29.8 Å². The van der Waals surface area contributed by atoms with E-state index < -0.39 is 0 Å². The van der Waals surface area contributed by atoms with E-state index in [1.807, 2.05) is 36.9 Å². The number of hydrogen-bond acceptors (Lipinski definition) is 2. The third-order valence-corrected chi connectivity index (χ3v) is 3.14. The molecule has 0 aliphatic heterocycles. The number of nitrogens with two attached hydrogens (primary N) is 1. The summed E-state index contributed by atoms with van der Waals surface area (Å²) in [5.74, 6) is 6.40. The summed E-state index contributed by atoms with van der Waals surface area (Å²) in [5.41, 5.74) is 7.94. The van der Waals surface area contributed by atoms with Gasteiger partial charge in [0, 0.05) is 24.2 Å². The van der Waals surface area contributed by atoms with Crippen molar-refractivity contribution in [1.82, 2.24) is 4.90 Å². The molecule has 0 bridgehead atoms. The summed E-state index contributed by atoms with van der Waals surface area (Å²) in [5, 5.41) is 0. The summed E-state index contributed by atoms with van der Waals surface area (Å²) in [4.78, 5) is 14.5. The Labute approximate surface area is 122 Å². The van der Waals surface area contributed by atoms with Gasteiger partial charge in [-0.1, -0.05) is 31.8 Å². The molecule has 0 aliphatic carbocycles. The summed E-state index contributed by atoms with van der Waals surface area (Å²) < 4.78 is 0. The molecule has 3 nitrogen and oxygen atoms in total. The number of nitrogens with zero attached hydrogens (tertiary/aromatic N) is 1. The van der Waals surface area contributed by atoms with Crippen molar-refractivity contribution < 1.29 is 4.79 Å². The number of carbonyl (C=O) groups excluding carboxylic acids is 1. The second-order valence-electron chi connectivity index (χ2n) is 5.22. The first kappa shape index (κ1) is 16.3. The Morgan fingerprint density at radius 2 is 2.10 bits per heavy atom. The Morgan fingerprint density at radius 3 is 2.65 bits per heavy atom. The van der Waals surface area contributed by atoms with E-state index in [-0.39, 0.29) is 5.91 Å². The summed E-state index contributed by atoms with van der Waals surface area (Å²) in [6, 6.07) is 5.67. The topological polar surface area (TPSA) is 46.3 Å². The van der Waals surface area contributed by atoms with Crippen LogP contribution in [-0.4, -0.2) is 30.4 Å². The minimum Gasteiger partial charge on any atom is -0.339 e. The molecule has 2 N–H and O–H groups in total. The van der Waals surface area contributed by atoms with Crippen LogP contribution in [0, 0.1) is 24.7 Å². The highest BCUT2D eigenvalue weighted by atomic mass is 16.2. The van der Waals surface area contributed by atoms with E-state index in [2.05, 4.69) is 25.7 Å². The monoisotopic (exact) mass is 272 g/mol. The molecular weight excluding hydrogens is 248 g/mol. The maximum Gasteiger partial charge on any atom is 0.254 e. The van der Waals surface area contributed by atoms with E-state index in [9.17, 15) is 4.79 Å². The highest BCUT2D eigenvalue weighted by Gasteiger charge is 2.17. The van der Waals surface area contributed by atoms with Gasteiger partial charge in [0.05, 0.1) is 6.54 Å². The summed E-state index contributed by atoms with van der Waals surface area (Å²) in [6.07, 6.45) is 0. The first-order valence-electron chi connectivity index (χ1n) is 7.09. The van der Waals surface area contributed by atoms with Gasteiger partial charge in [-0.3, -0.25) is 4.79 Å². The summed E-state index contributed by atoms with van der Waals surface area (Å²) in [6.45, 7) is 10.00. The van der Waals surface area contributed by atoms with Crippen LogP contribution in [0.15, 0.2) is 18.2 Å². The zero-order valence-electron chi connectivity index (χ0n) is 12.9. The minimum absolute atomic E-state index is 0.0788. The Hall–Kier alpha value is -1.79. The normalized spacial score (nSPS) is 10.1. The van der Waals surface area contributed by atoms with Crippen LogP contribution in [0.2, 0.25) is 0 Å². The van der Waals surface area contributed by atoms with E-state index >= 15 is 0 Å². The largest absolute Gasteiger partial charge is 0.339 e. The second kappa shape index (κ2) is 7.72. The van der Waals surface area contributed by atoms with Crippen molar-refractivity contribution in [3.05, 3.63) is 34.9 Å². The van der Waals surface area contributed by atoms with Crippen LogP contribution in [0.1, 0.15) is 42.3 Å². The molecule has 3 heteroatoms. The molecule has 1 aromatic rings. The number of hydrogen-bond donors (Lipinski definition) is 1. The van der Waals surface area contributed by atoms with Gasteiger partial charge in [-0.25, -0.2) is 0 Å². The van der Waals surface area contributed by atoms with Crippen molar-refractivity contribution in [3.63, 3.8) is 0 Å². The minimum atomic E-state index is 0.0788. The third-order valence-electron chi connectivity index (χ3n) is 3.14. The van der Waals surface area contributed by atoms with Gasteiger partial charge in [-0.15, -0.1) is 0 Å². The number of amides is 1. The molecule has 0 saturated carbocycles. The highest BCUT2D eigenvalue weighted by molar-refractivity contribution is 5.96. The van der Waals surface area contributed by atoms with Crippen molar-refractivity contribution in [3.8, 4) is 11.8 Å². The van der Waals surface area contributed by atoms with Gasteiger partial charge < -0.3 is 10.6 Å². The van der Waals surface area contributed by atoms with Crippen molar-refractivity contribution in [1.29, 1.82) is 0 Å². The Balaban J connectivity index is 3.09. The molecule has 0 spiro atoms. The van der Waals surface area contributed by atoms with E-state index in [1.165, 1.54) is 0 Å². The molecule has 108 valence electrons. The fourth-order valence-electron chi connectivity index (χ4n) is 2.12. The van der Waals surface area contributed by atoms with Crippen LogP contribution in [0.25, 0.3) is 0 Å². The smallest absolute Gasteiger partial charge is 0.254 e. The molecule has 0 aliphatic rings. The number of carbonyl (C=O) groups is 1. The van der Waals surface area contributed by atoms with E-state index in [0.29, 0.717) is 12.5 Å². The number of benzene rings is 1.